The van der Waals surface area contributed by atoms with Crippen LogP contribution in [-0.4, -0.2) is 68.2 Å². The highest BCUT2D eigenvalue weighted by Gasteiger charge is 2.29. The summed E-state index contributed by atoms with van der Waals surface area (Å²) in [5.74, 6) is 1.98. The fraction of sp³-hybridized carbons (Fsp3) is 0.364. The second-order valence-corrected chi connectivity index (χ2v) is 9.39. The fourth-order valence-corrected chi connectivity index (χ4v) is 5.08. The van der Waals surface area contributed by atoms with E-state index in [-0.39, 0.29) is 4.90 Å². The molecule has 32 heavy (non-hydrogen) atoms. The molecule has 1 aliphatic heterocycles. The van der Waals surface area contributed by atoms with Crippen LogP contribution in [0, 0.1) is 0 Å². The Morgan fingerprint density at radius 3 is 2.28 bits per heavy atom. The summed E-state index contributed by atoms with van der Waals surface area (Å²) >= 11 is 0. The van der Waals surface area contributed by atoms with Gasteiger partial charge in [-0.3, -0.25) is 4.90 Å². The Balaban J connectivity index is 1.35. The Labute approximate surface area is 187 Å². The van der Waals surface area contributed by atoms with Crippen molar-refractivity contribution in [1.82, 2.24) is 19.4 Å². The molecule has 0 amide bonds. The smallest absolute Gasteiger partial charge is 0.243 e. The zero-order valence-corrected chi connectivity index (χ0v) is 18.9. The molecule has 4 rings (SSSR count). The van der Waals surface area contributed by atoms with Crippen molar-refractivity contribution < 1.29 is 22.3 Å². The van der Waals surface area contributed by atoms with Crippen LogP contribution in [0.4, 0.5) is 0 Å². The van der Waals surface area contributed by atoms with Gasteiger partial charge in [-0.15, -0.1) is 10.2 Å². The molecule has 2 heterocycles. The van der Waals surface area contributed by atoms with Gasteiger partial charge in [0.2, 0.25) is 21.8 Å². The number of benzene rings is 2. The van der Waals surface area contributed by atoms with Gasteiger partial charge >= 0.3 is 0 Å². The van der Waals surface area contributed by atoms with E-state index >= 15 is 0 Å². The van der Waals surface area contributed by atoms with Crippen LogP contribution in [0.15, 0.2) is 57.8 Å². The molecule has 1 aromatic heterocycles. The van der Waals surface area contributed by atoms with Crippen LogP contribution in [0.3, 0.4) is 0 Å². The molecule has 0 unspecified atom stereocenters. The lowest BCUT2D eigenvalue weighted by Crippen LogP contribution is -2.48. The molecule has 1 aliphatic rings. The normalized spacial score (nSPS) is 15.6. The molecule has 1 fully saturated rings. The Morgan fingerprint density at radius 2 is 1.59 bits per heavy atom. The molecule has 1 saturated heterocycles. The van der Waals surface area contributed by atoms with Gasteiger partial charge in [0, 0.05) is 32.2 Å². The fourth-order valence-electron chi connectivity index (χ4n) is 3.64. The first-order valence-corrected chi connectivity index (χ1v) is 11.7. The van der Waals surface area contributed by atoms with E-state index in [1.54, 1.807) is 6.07 Å². The number of sulfonamides is 1. The molecule has 0 saturated carbocycles. The van der Waals surface area contributed by atoms with E-state index in [1.165, 1.54) is 30.7 Å². The van der Waals surface area contributed by atoms with Crippen molar-refractivity contribution in [3.8, 4) is 11.5 Å². The van der Waals surface area contributed by atoms with Gasteiger partial charge in [0.05, 0.1) is 32.1 Å². The summed E-state index contributed by atoms with van der Waals surface area (Å²) in [6.45, 7) is 2.39. The topological polar surface area (TPSA) is 98.0 Å². The molecule has 170 valence electrons. The second kappa shape index (κ2) is 9.68. The average molecular weight is 459 g/mol. The monoisotopic (exact) mass is 458 g/mol. The molecule has 0 bridgehead atoms. The van der Waals surface area contributed by atoms with Crippen LogP contribution in [0.2, 0.25) is 0 Å². The predicted molar refractivity (Wildman–Crippen MR) is 117 cm³/mol. The largest absolute Gasteiger partial charge is 0.493 e. The number of rotatable bonds is 8. The number of piperazine rings is 1. The van der Waals surface area contributed by atoms with E-state index < -0.39 is 10.0 Å². The highest BCUT2D eigenvalue weighted by atomic mass is 32.2. The zero-order valence-electron chi connectivity index (χ0n) is 18.1. The zero-order chi connectivity index (χ0) is 22.6. The maximum Gasteiger partial charge on any atom is 0.243 e. The maximum atomic E-state index is 13.1. The number of nitrogens with zero attached hydrogens (tertiary/aromatic N) is 4. The summed E-state index contributed by atoms with van der Waals surface area (Å²) in [5.41, 5.74) is 1.11. The van der Waals surface area contributed by atoms with Crippen molar-refractivity contribution in [2.75, 3.05) is 40.4 Å². The van der Waals surface area contributed by atoms with Crippen molar-refractivity contribution in [3.63, 3.8) is 0 Å². The SMILES string of the molecule is COc1ccc(S(=O)(=O)N2CCN(Cc3nnc(Cc4ccccc4)o3)CC2)cc1OC. The van der Waals surface area contributed by atoms with Crippen LogP contribution < -0.4 is 9.47 Å². The summed E-state index contributed by atoms with van der Waals surface area (Å²) in [5, 5.41) is 8.27. The Hall–Kier alpha value is -2.95. The van der Waals surface area contributed by atoms with Crippen LogP contribution in [0.1, 0.15) is 17.3 Å². The third-order valence-corrected chi connectivity index (χ3v) is 7.28. The van der Waals surface area contributed by atoms with E-state index in [1.807, 2.05) is 30.3 Å². The molecule has 0 N–H and O–H groups in total. The summed E-state index contributed by atoms with van der Waals surface area (Å²) in [6.07, 6.45) is 0.588. The number of hydrogen-bond acceptors (Lipinski definition) is 8. The van der Waals surface area contributed by atoms with Crippen LogP contribution in [0.25, 0.3) is 0 Å². The first kappa shape index (κ1) is 22.3. The highest BCUT2D eigenvalue weighted by Crippen LogP contribution is 2.31. The van der Waals surface area contributed by atoms with Crippen LogP contribution >= 0.6 is 0 Å². The minimum Gasteiger partial charge on any atom is -0.493 e. The molecule has 0 spiro atoms. The van der Waals surface area contributed by atoms with Crippen molar-refractivity contribution in [1.29, 1.82) is 0 Å². The third kappa shape index (κ3) is 4.93. The van der Waals surface area contributed by atoms with Gasteiger partial charge in [-0.25, -0.2) is 8.42 Å². The number of hydrogen-bond donors (Lipinski definition) is 0. The van der Waals surface area contributed by atoms with Gasteiger partial charge < -0.3 is 13.9 Å². The van der Waals surface area contributed by atoms with E-state index in [9.17, 15) is 8.42 Å². The number of ether oxygens (including phenoxy) is 2. The molecule has 2 aromatic carbocycles. The number of methoxy groups -OCH3 is 2. The maximum absolute atomic E-state index is 13.1. The average Bonchev–Trinajstić information content (AvgIpc) is 3.26. The first-order valence-electron chi connectivity index (χ1n) is 10.3. The van der Waals surface area contributed by atoms with E-state index in [0.29, 0.717) is 62.4 Å². The van der Waals surface area contributed by atoms with E-state index in [0.717, 1.165) is 5.56 Å². The molecule has 10 heteroatoms. The van der Waals surface area contributed by atoms with Crippen molar-refractivity contribution in [2.45, 2.75) is 17.9 Å². The van der Waals surface area contributed by atoms with Gasteiger partial charge in [0.25, 0.3) is 0 Å². The Kier molecular flexibility index (Phi) is 6.73. The lowest BCUT2D eigenvalue weighted by molar-refractivity contribution is 0.167. The van der Waals surface area contributed by atoms with Crippen molar-refractivity contribution in [3.05, 3.63) is 65.9 Å². The van der Waals surface area contributed by atoms with Crippen LogP contribution in [0.5, 0.6) is 11.5 Å². The van der Waals surface area contributed by atoms with Gasteiger partial charge in [-0.1, -0.05) is 30.3 Å². The molecule has 3 aromatic rings. The quantitative estimate of drug-likeness (QED) is 0.507. The summed E-state index contributed by atoms with van der Waals surface area (Å²) in [4.78, 5) is 2.30. The minimum absolute atomic E-state index is 0.186. The van der Waals surface area contributed by atoms with Gasteiger partial charge in [-0.05, 0) is 17.7 Å². The summed E-state index contributed by atoms with van der Waals surface area (Å²) in [7, 11) is -0.632. The molecule has 0 radical (unpaired) electrons. The predicted octanol–water partition coefficient (Wildman–Crippen LogP) is 2.18. The highest BCUT2D eigenvalue weighted by molar-refractivity contribution is 7.89. The van der Waals surface area contributed by atoms with Crippen molar-refractivity contribution >= 4 is 10.0 Å². The van der Waals surface area contributed by atoms with Gasteiger partial charge in [0.15, 0.2) is 11.5 Å². The molecule has 0 aliphatic carbocycles. The first-order chi connectivity index (χ1) is 15.5. The molecular weight excluding hydrogens is 432 g/mol. The standard InChI is InChI=1S/C22H26N4O5S/c1-29-19-9-8-18(15-20(19)30-2)32(27,28)26-12-10-25(11-13-26)16-22-24-23-21(31-22)14-17-6-4-3-5-7-17/h3-9,15H,10-14,16H2,1-2H3. The van der Waals surface area contributed by atoms with E-state index in [2.05, 4.69) is 15.1 Å². The minimum atomic E-state index is -3.63. The molecule has 9 nitrogen and oxygen atoms in total. The summed E-state index contributed by atoms with van der Waals surface area (Å²) < 4.78 is 43.8. The Bertz CT molecular complexity index is 1140. The number of aromatic nitrogens is 2. The Morgan fingerprint density at radius 1 is 0.906 bits per heavy atom. The van der Waals surface area contributed by atoms with Crippen LogP contribution in [-0.2, 0) is 23.0 Å². The van der Waals surface area contributed by atoms with E-state index in [4.69, 9.17) is 13.9 Å². The van der Waals surface area contributed by atoms with Crippen molar-refractivity contribution in [2.24, 2.45) is 0 Å². The lowest BCUT2D eigenvalue weighted by atomic mass is 10.2. The van der Waals surface area contributed by atoms with Gasteiger partial charge in [-0.2, -0.15) is 4.31 Å². The lowest BCUT2D eigenvalue weighted by Gasteiger charge is -2.33. The third-order valence-electron chi connectivity index (χ3n) is 5.39. The summed E-state index contributed by atoms with van der Waals surface area (Å²) in [6, 6.07) is 14.6. The second-order valence-electron chi connectivity index (χ2n) is 7.45. The molecule has 0 atom stereocenters. The molecular formula is C22H26N4O5S. The van der Waals surface area contributed by atoms with Gasteiger partial charge in [0.1, 0.15) is 0 Å².